The Hall–Kier alpha value is -0.860. The van der Waals surface area contributed by atoms with E-state index in [0.717, 1.165) is 24.3 Å². The van der Waals surface area contributed by atoms with E-state index < -0.39 is 0 Å². The van der Waals surface area contributed by atoms with Gasteiger partial charge in [0.05, 0.1) is 0 Å². The van der Waals surface area contributed by atoms with Gasteiger partial charge >= 0.3 is 0 Å². The van der Waals surface area contributed by atoms with Gasteiger partial charge in [-0.2, -0.15) is 0 Å². The summed E-state index contributed by atoms with van der Waals surface area (Å²) < 4.78 is 0. The van der Waals surface area contributed by atoms with Crippen molar-refractivity contribution in [2.45, 2.75) is 78.4 Å². The largest absolute Gasteiger partial charge is 0.299 e. The fraction of sp³-hybridized carbons (Fsp3) is 0.750. The molecule has 0 amide bonds. The first-order valence-corrected chi connectivity index (χ1v) is 11.2. The lowest BCUT2D eigenvalue weighted by Crippen LogP contribution is -2.24. The average molecular weight is 355 g/mol. The summed E-state index contributed by atoms with van der Waals surface area (Å²) in [7, 11) is 0. The van der Waals surface area contributed by atoms with E-state index in [0.29, 0.717) is 0 Å². The molecule has 2 unspecified atom stereocenters. The Morgan fingerprint density at radius 1 is 0.923 bits per heavy atom. The molecule has 1 aliphatic carbocycles. The molecule has 0 aromatic heterocycles. The number of hydrogen-bond donors (Lipinski definition) is 0. The molecule has 4 rings (SSSR count). The smallest absolute Gasteiger partial charge is 0.0240 e. The zero-order valence-corrected chi connectivity index (χ0v) is 17.1. The normalized spacial score (nSPS) is 27.8. The van der Waals surface area contributed by atoms with Crippen molar-refractivity contribution in [2.75, 3.05) is 19.6 Å². The maximum absolute atomic E-state index is 2.72. The van der Waals surface area contributed by atoms with Crippen molar-refractivity contribution in [2.24, 2.45) is 17.8 Å². The summed E-state index contributed by atoms with van der Waals surface area (Å²) in [5.74, 6) is 2.79. The lowest BCUT2D eigenvalue weighted by Gasteiger charge is -2.21. The van der Waals surface area contributed by atoms with Gasteiger partial charge in [-0.1, -0.05) is 44.9 Å². The molecule has 2 heteroatoms. The Labute approximate surface area is 161 Å². The minimum Gasteiger partial charge on any atom is -0.299 e. The van der Waals surface area contributed by atoms with Crippen molar-refractivity contribution in [3.63, 3.8) is 0 Å². The van der Waals surface area contributed by atoms with Gasteiger partial charge in [0.2, 0.25) is 0 Å². The molecular weight excluding hydrogens is 316 g/mol. The van der Waals surface area contributed by atoms with Crippen LogP contribution in [0.1, 0.15) is 75.5 Å². The fourth-order valence-corrected chi connectivity index (χ4v) is 5.55. The molecule has 2 atom stereocenters. The van der Waals surface area contributed by atoms with E-state index in [1.807, 2.05) is 0 Å². The molecule has 144 valence electrons. The topological polar surface area (TPSA) is 6.48 Å². The highest BCUT2D eigenvalue weighted by atomic mass is 15.1. The summed E-state index contributed by atoms with van der Waals surface area (Å²) >= 11 is 0. The van der Waals surface area contributed by atoms with Crippen LogP contribution in [0.25, 0.3) is 0 Å². The van der Waals surface area contributed by atoms with Crippen LogP contribution >= 0.6 is 0 Å². The second-order valence-electron chi connectivity index (χ2n) is 9.65. The van der Waals surface area contributed by atoms with E-state index >= 15 is 0 Å². The van der Waals surface area contributed by atoms with Crippen LogP contribution in [0.15, 0.2) is 18.2 Å². The number of likely N-dealkylation sites (tertiary alicyclic amines) is 1. The zero-order chi connectivity index (χ0) is 17.9. The van der Waals surface area contributed by atoms with Crippen LogP contribution in [0.2, 0.25) is 0 Å². The Morgan fingerprint density at radius 3 is 2.42 bits per heavy atom. The van der Waals surface area contributed by atoms with E-state index in [1.54, 1.807) is 11.1 Å². The molecule has 2 nitrogen and oxygen atoms in total. The standard InChI is InChI=1S/C24H38N2/c1-19(2)22-9-7-20(13-22)16-26-17-23-10-8-21(14-24(23)18-26)15-25-11-5-3-4-6-12-25/h8,10,14,19-20,22H,3-7,9,11-13,15-18H2,1-2H3. The highest BCUT2D eigenvalue weighted by Crippen LogP contribution is 2.37. The molecule has 1 saturated heterocycles. The van der Waals surface area contributed by atoms with Gasteiger partial charge in [0.1, 0.15) is 0 Å². The van der Waals surface area contributed by atoms with Crippen LogP contribution in [-0.4, -0.2) is 29.4 Å². The molecule has 2 fully saturated rings. The lowest BCUT2D eigenvalue weighted by molar-refractivity contribution is 0.230. The van der Waals surface area contributed by atoms with E-state index in [4.69, 9.17) is 0 Å². The van der Waals surface area contributed by atoms with Gasteiger partial charge in [0.25, 0.3) is 0 Å². The second-order valence-corrected chi connectivity index (χ2v) is 9.65. The van der Waals surface area contributed by atoms with Crippen LogP contribution < -0.4 is 0 Å². The third-order valence-electron chi connectivity index (χ3n) is 7.20. The molecule has 0 spiro atoms. The van der Waals surface area contributed by atoms with Crippen molar-refractivity contribution in [1.82, 2.24) is 9.80 Å². The monoisotopic (exact) mass is 354 g/mol. The molecule has 0 radical (unpaired) electrons. The van der Waals surface area contributed by atoms with Crippen molar-refractivity contribution in [3.8, 4) is 0 Å². The molecule has 2 heterocycles. The molecule has 0 bridgehead atoms. The predicted octanol–water partition coefficient (Wildman–Crippen LogP) is 5.45. The summed E-state index contributed by atoms with van der Waals surface area (Å²) in [6.45, 7) is 12.2. The van der Waals surface area contributed by atoms with Crippen molar-refractivity contribution in [3.05, 3.63) is 34.9 Å². The maximum atomic E-state index is 2.72. The molecule has 1 aromatic rings. The molecular formula is C24H38N2. The van der Waals surface area contributed by atoms with E-state index in [9.17, 15) is 0 Å². The molecule has 1 aromatic carbocycles. The van der Waals surface area contributed by atoms with Gasteiger partial charge < -0.3 is 0 Å². The van der Waals surface area contributed by atoms with Crippen molar-refractivity contribution in [1.29, 1.82) is 0 Å². The van der Waals surface area contributed by atoms with Gasteiger partial charge in [0.15, 0.2) is 0 Å². The lowest BCUT2D eigenvalue weighted by atomic mass is 9.93. The second kappa shape index (κ2) is 8.44. The number of benzene rings is 1. The van der Waals surface area contributed by atoms with Gasteiger partial charge in [-0.15, -0.1) is 0 Å². The highest BCUT2D eigenvalue weighted by Gasteiger charge is 2.29. The van der Waals surface area contributed by atoms with E-state index in [-0.39, 0.29) is 0 Å². The van der Waals surface area contributed by atoms with Crippen LogP contribution in [0, 0.1) is 17.8 Å². The first kappa shape index (κ1) is 18.5. The molecule has 26 heavy (non-hydrogen) atoms. The van der Waals surface area contributed by atoms with E-state index in [2.05, 4.69) is 41.8 Å². The number of hydrogen-bond acceptors (Lipinski definition) is 2. The Kier molecular flexibility index (Phi) is 6.00. The number of fused-ring (bicyclic) bond motifs is 1. The van der Waals surface area contributed by atoms with Gasteiger partial charge in [0, 0.05) is 26.2 Å². The van der Waals surface area contributed by atoms with Crippen LogP contribution in [0.3, 0.4) is 0 Å². The predicted molar refractivity (Wildman–Crippen MR) is 110 cm³/mol. The quantitative estimate of drug-likeness (QED) is 0.693. The minimum absolute atomic E-state index is 0.873. The van der Waals surface area contributed by atoms with Crippen molar-refractivity contribution >= 4 is 0 Å². The minimum atomic E-state index is 0.873. The SMILES string of the molecule is CC(C)C1CCC(CN2Cc3ccc(CN4CCCCCC4)cc3C2)C1. The molecule has 2 aliphatic heterocycles. The molecule has 0 N–H and O–H groups in total. The summed E-state index contributed by atoms with van der Waals surface area (Å²) in [5, 5.41) is 0. The third kappa shape index (κ3) is 4.51. The van der Waals surface area contributed by atoms with E-state index in [1.165, 1.54) is 83.2 Å². The Balaban J connectivity index is 1.31. The first-order valence-electron chi connectivity index (χ1n) is 11.2. The average Bonchev–Trinajstić information content (AvgIpc) is 3.16. The summed E-state index contributed by atoms with van der Waals surface area (Å²) in [6, 6.07) is 7.34. The molecule has 1 saturated carbocycles. The highest BCUT2D eigenvalue weighted by molar-refractivity contribution is 5.34. The van der Waals surface area contributed by atoms with Gasteiger partial charge in [-0.3, -0.25) is 9.80 Å². The summed E-state index contributed by atoms with van der Waals surface area (Å²) in [6.07, 6.45) is 10.0. The van der Waals surface area contributed by atoms with Crippen LogP contribution in [0.4, 0.5) is 0 Å². The third-order valence-corrected chi connectivity index (χ3v) is 7.20. The summed E-state index contributed by atoms with van der Waals surface area (Å²) in [4.78, 5) is 5.39. The first-order chi connectivity index (χ1) is 12.7. The number of nitrogens with zero attached hydrogens (tertiary/aromatic N) is 2. The Bertz CT molecular complexity index is 586. The Morgan fingerprint density at radius 2 is 1.69 bits per heavy atom. The number of rotatable bonds is 5. The van der Waals surface area contributed by atoms with Crippen molar-refractivity contribution < 1.29 is 0 Å². The summed E-state index contributed by atoms with van der Waals surface area (Å²) in [5.41, 5.74) is 4.73. The zero-order valence-electron chi connectivity index (χ0n) is 17.1. The molecule has 3 aliphatic rings. The van der Waals surface area contributed by atoms with Crippen LogP contribution in [0.5, 0.6) is 0 Å². The van der Waals surface area contributed by atoms with Crippen LogP contribution in [-0.2, 0) is 19.6 Å². The van der Waals surface area contributed by atoms with Gasteiger partial charge in [-0.25, -0.2) is 0 Å². The van der Waals surface area contributed by atoms with Gasteiger partial charge in [-0.05, 0) is 79.6 Å². The fourth-order valence-electron chi connectivity index (χ4n) is 5.55. The maximum Gasteiger partial charge on any atom is 0.0240 e.